The number of rotatable bonds is 18. The number of imidazole rings is 3. The molecule has 0 spiro atoms. The van der Waals surface area contributed by atoms with Gasteiger partial charge in [-0.3, -0.25) is 15.0 Å². The summed E-state index contributed by atoms with van der Waals surface area (Å²) in [7, 11) is 2.00. The van der Waals surface area contributed by atoms with E-state index in [1.165, 1.54) is 147 Å². The topological polar surface area (TPSA) is 95.9 Å². The minimum atomic E-state index is -2.12. The van der Waals surface area contributed by atoms with Gasteiger partial charge in [0.25, 0.3) is 0 Å². The van der Waals surface area contributed by atoms with Crippen molar-refractivity contribution < 1.29 is 73.0 Å². The van der Waals surface area contributed by atoms with E-state index in [9.17, 15) is 0 Å². The molecular formula is C129H119Ir3N14O. The summed E-state index contributed by atoms with van der Waals surface area (Å²) in [5.41, 5.74) is 28.7. The van der Waals surface area contributed by atoms with Crippen LogP contribution in [0.15, 0.2) is 400 Å². The fraction of sp³-hybridized carbons (Fsp3) is 0.163. The Morgan fingerprint density at radius 1 is 0.293 bits per heavy atom. The molecule has 0 N–H and O–H groups in total. The predicted molar refractivity (Wildman–Crippen MR) is 596 cm³/mol. The maximum absolute atomic E-state index is 7.22. The number of benzene rings is 15. The summed E-state index contributed by atoms with van der Waals surface area (Å²) < 4.78 is 61.3. The van der Waals surface area contributed by atoms with Crippen LogP contribution in [0.1, 0.15) is 160 Å². The average molecular weight is 2460 g/mol. The average Bonchev–Trinajstić information content (AvgIpc) is 1.59. The van der Waals surface area contributed by atoms with Gasteiger partial charge in [0.1, 0.15) is 11.2 Å². The van der Waals surface area contributed by atoms with E-state index in [-0.39, 0.29) is 60.3 Å². The van der Waals surface area contributed by atoms with Crippen molar-refractivity contribution in [2.75, 3.05) is 35.7 Å². The molecule has 147 heavy (non-hydrogen) atoms. The summed E-state index contributed by atoms with van der Waals surface area (Å²) in [4.78, 5) is 24.0. The maximum atomic E-state index is 7.22. The molecule has 0 aliphatic carbocycles. The minimum absolute atomic E-state index is 0. The Kier molecular flexibility index (Phi) is 31.5. The number of anilines is 3. The first-order chi connectivity index (χ1) is 72.6. The Hall–Kier alpha value is -14.7. The van der Waals surface area contributed by atoms with Gasteiger partial charge >= 0.3 is 60.3 Å². The smallest absolute Gasteiger partial charge is 0.510 e. The molecule has 0 atom stereocenters. The van der Waals surface area contributed by atoms with Gasteiger partial charge in [0.2, 0.25) is 0 Å². The van der Waals surface area contributed by atoms with Crippen LogP contribution < -0.4 is 14.7 Å². The molecule has 0 radical (unpaired) electrons. The predicted octanol–water partition coefficient (Wildman–Crippen LogP) is 32.0. The number of nitrogens with zero attached hydrogens (tertiary/aromatic N) is 14. The van der Waals surface area contributed by atoms with Gasteiger partial charge in [-0.15, -0.1) is 125 Å². The zero-order chi connectivity index (χ0) is 105. The molecule has 3 aliphatic heterocycles. The van der Waals surface area contributed by atoms with Crippen LogP contribution in [0, 0.1) is 56.4 Å². The van der Waals surface area contributed by atoms with E-state index in [1.54, 1.807) is 34.3 Å². The van der Waals surface area contributed by atoms with Crippen LogP contribution in [-0.4, -0.2) is 73.5 Å². The zero-order valence-corrected chi connectivity index (χ0v) is 91.6. The number of para-hydroxylation sites is 9. The molecule has 15 aromatic carbocycles. The molecule has 3 aliphatic rings. The second-order valence-corrected chi connectivity index (χ2v) is 37.8. The van der Waals surface area contributed by atoms with Crippen molar-refractivity contribution in [2.24, 2.45) is 0 Å². The van der Waals surface area contributed by atoms with Crippen LogP contribution in [0.5, 0.6) is 0 Å². The fourth-order valence-corrected chi connectivity index (χ4v) is 19.1. The van der Waals surface area contributed by atoms with Gasteiger partial charge in [0.05, 0.1) is 39.5 Å². The molecule has 0 unspecified atom stereocenters. The summed E-state index contributed by atoms with van der Waals surface area (Å²) in [5.74, 6) is 4.73. The van der Waals surface area contributed by atoms with Crippen LogP contribution in [0.2, 0.25) is 0 Å². The fourth-order valence-electron chi connectivity index (χ4n) is 19.1. The second-order valence-electron chi connectivity index (χ2n) is 37.8. The molecule has 0 saturated heterocycles. The molecule has 21 aromatic rings. The van der Waals surface area contributed by atoms with E-state index in [4.69, 9.17) is 27.6 Å². The summed E-state index contributed by atoms with van der Waals surface area (Å²) >= 11 is 0. The van der Waals surface area contributed by atoms with Crippen LogP contribution in [-0.2, 0) is 60.3 Å². The number of hydrogen-bond donors (Lipinski definition) is 0. The summed E-state index contributed by atoms with van der Waals surface area (Å²) in [6, 6.07) is 130. The van der Waals surface area contributed by atoms with Gasteiger partial charge in [0, 0.05) is 112 Å². The molecule has 9 heterocycles. The van der Waals surface area contributed by atoms with E-state index >= 15 is 0 Å². The van der Waals surface area contributed by atoms with E-state index < -0.39 is 14.0 Å². The van der Waals surface area contributed by atoms with Gasteiger partial charge in [0.15, 0.2) is 0 Å². The van der Waals surface area contributed by atoms with Crippen molar-refractivity contribution >= 4 is 82.6 Å². The SMILES string of the molecule is CC(C)c1cc(-c2cccc3c2oc2ccccc23)cc(C(C)C)c1-n1ccnc1-c1[c-]cccc1.CC(C)c1cc(-n2c3ccccc3c3ccccc32)cc(C(C)C)c1-n1ccnc1-c1[c-]cccc1.CC(C)c1cc(-n2c3ccccc3c3ccccc32)cc(C(C)C)c1-n1ccnc1-c1[c-]cccc1.CN1C=CN(c2[c-]cccc2)[CH-]1.[2H]C([2H])([2H])N1C=CN(c2[c-]cccc2)[CH-]1.[2H]C([2H])([2H])N1C=CN(c2[c-]cccc2)[CH-]1.[Ir+3].[Ir+3].[Ir+3]. The third-order valence-electron chi connectivity index (χ3n) is 26.0. The Balaban J connectivity index is 0.000000136. The van der Waals surface area contributed by atoms with Gasteiger partial charge in [-0.05, 0) is 199 Å². The Morgan fingerprint density at radius 2 is 0.578 bits per heavy atom. The van der Waals surface area contributed by atoms with Crippen LogP contribution in [0.3, 0.4) is 0 Å². The van der Waals surface area contributed by atoms with Gasteiger partial charge in [-0.1, -0.05) is 192 Å². The normalized spacial score (nSPS) is 13.3. The first-order valence-electron chi connectivity index (χ1n) is 52.2. The quantitative estimate of drug-likeness (QED) is 0.0773. The van der Waals surface area contributed by atoms with E-state index in [0.29, 0.717) is 35.5 Å². The number of fused-ring (bicyclic) bond motifs is 9. The molecule has 0 fully saturated rings. The third-order valence-corrected chi connectivity index (χ3v) is 26.0. The minimum Gasteiger partial charge on any atom is -0.510 e. The number of aromatic nitrogens is 8. The van der Waals surface area contributed by atoms with E-state index in [2.05, 4.69) is 343 Å². The first-order valence-corrected chi connectivity index (χ1v) is 49.2. The standard InChI is InChI=1S/2C33H30N3.C33H29N2O.3C10H10N2.3Ir/c2*1-22(2)28-20-25(36-30-16-10-8-14-26(30)27-15-9-11-17-31(27)36)21-29(23(3)4)32(28)35-19-18-34-33(35)24-12-6-5-7-13-24;1-21(2)28-19-24(25-14-10-15-27-26-13-8-9-16-30(26)36-32(25)27)20-29(22(3)4)31(28)35-18-17-34-33(35)23-11-6-5-7-12-23;3*1-11-7-8-12(9-11)10-5-3-2-4-6-10;;;/h2*5-12,14-23H,1-4H3;5-11,13-22H,1-4H3;3*2-5,7-9H,1H3;;;/q3*-1;3*-2;3*+3/i;;;2*1D3;;;;. The molecule has 6 aromatic heterocycles. The van der Waals surface area contributed by atoms with Gasteiger partial charge in [-0.25, -0.2) is 0 Å². The van der Waals surface area contributed by atoms with Crippen molar-refractivity contribution in [1.82, 2.24) is 52.5 Å². The maximum Gasteiger partial charge on any atom is 3.00 e. The second kappa shape index (κ2) is 47.6. The molecule has 24 rings (SSSR count). The van der Waals surface area contributed by atoms with Crippen molar-refractivity contribution in [1.29, 1.82) is 0 Å². The molecular weight excluding hydrogens is 2340 g/mol. The molecule has 18 heteroatoms. The van der Waals surface area contributed by atoms with Crippen molar-refractivity contribution in [3.63, 3.8) is 0 Å². The van der Waals surface area contributed by atoms with E-state index in [0.717, 1.165) is 78.7 Å². The summed E-state index contributed by atoms with van der Waals surface area (Å²) in [6.45, 7) is 28.1. The van der Waals surface area contributed by atoms with Crippen molar-refractivity contribution in [3.05, 3.63) is 486 Å². The summed E-state index contributed by atoms with van der Waals surface area (Å²) in [6.07, 6.45) is 22.4. The summed E-state index contributed by atoms with van der Waals surface area (Å²) in [5, 5.41) is 7.44. The number of furan rings is 1. The Morgan fingerprint density at radius 3 is 0.878 bits per heavy atom. The van der Waals surface area contributed by atoms with Crippen LogP contribution in [0.4, 0.5) is 17.1 Å². The van der Waals surface area contributed by atoms with Crippen LogP contribution in [0.25, 0.3) is 139 Å². The van der Waals surface area contributed by atoms with Gasteiger partial charge < -0.3 is 56.7 Å². The van der Waals surface area contributed by atoms with Crippen molar-refractivity contribution in [2.45, 2.75) is 119 Å². The molecule has 0 saturated carbocycles. The Bertz CT molecular complexity index is 7830. The van der Waals surface area contributed by atoms with E-state index in [1.807, 2.05) is 182 Å². The molecule has 0 bridgehead atoms. The van der Waals surface area contributed by atoms with Gasteiger partial charge in [-0.2, -0.15) is 111 Å². The first kappa shape index (κ1) is 97.1. The molecule has 0 amide bonds. The van der Waals surface area contributed by atoms with Crippen LogP contribution >= 0.6 is 0 Å². The molecule has 738 valence electrons. The Labute approximate surface area is 914 Å². The number of hydrogen-bond acceptors (Lipinski definition) is 10. The molecule has 15 nitrogen and oxygen atoms in total. The monoisotopic (exact) mass is 2460 g/mol. The van der Waals surface area contributed by atoms with Crippen molar-refractivity contribution in [3.8, 4) is 73.7 Å². The third kappa shape index (κ3) is 22.7. The largest absolute Gasteiger partial charge is 3.00 e. The zero-order valence-electron chi connectivity index (χ0n) is 90.4.